The number of aromatic hydroxyl groups is 1. The van der Waals surface area contributed by atoms with Gasteiger partial charge in [-0.05, 0) is 30.7 Å². The standard InChI is InChI=1S/C18H17BrN2O4S/c1-2-3-6-25-16(22)10-21-17(23)15(26-18(21)24)7-11-9-20-14-5-4-12(19)8-13(11)14/h4-5,7-9,23H,2-3,6,10H2,1H3. The van der Waals surface area contributed by atoms with E-state index in [0.717, 1.165) is 50.0 Å². The van der Waals surface area contributed by atoms with Crippen molar-refractivity contribution in [2.45, 2.75) is 26.3 Å². The first-order valence-corrected chi connectivity index (χ1v) is 9.74. The summed E-state index contributed by atoms with van der Waals surface area (Å²) in [5, 5.41) is 10.4. The van der Waals surface area contributed by atoms with E-state index in [0.29, 0.717) is 11.5 Å². The van der Waals surface area contributed by atoms with Crippen LogP contribution in [0.1, 0.15) is 30.2 Å². The Balaban J connectivity index is 1.84. The summed E-state index contributed by atoms with van der Waals surface area (Å²) in [7, 11) is 0. The molecule has 0 spiro atoms. The molecule has 8 heteroatoms. The van der Waals surface area contributed by atoms with Gasteiger partial charge in [-0.3, -0.25) is 19.1 Å². The molecule has 1 aliphatic heterocycles. The van der Waals surface area contributed by atoms with Crippen molar-refractivity contribution in [1.82, 2.24) is 4.57 Å². The van der Waals surface area contributed by atoms with Gasteiger partial charge in [0, 0.05) is 21.8 Å². The van der Waals surface area contributed by atoms with Gasteiger partial charge in [0.05, 0.1) is 17.2 Å². The van der Waals surface area contributed by atoms with E-state index in [1.54, 1.807) is 12.3 Å². The molecule has 2 aromatic rings. The second kappa shape index (κ2) is 8.01. The number of esters is 1. The second-order valence-corrected chi connectivity index (χ2v) is 7.64. The van der Waals surface area contributed by atoms with Crippen molar-refractivity contribution in [1.29, 1.82) is 0 Å². The zero-order valence-electron chi connectivity index (χ0n) is 14.1. The van der Waals surface area contributed by atoms with Crippen LogP contribution in [0.3, 0.4) is 0 Å². The third-order valence-corrected chi connectivity index (χ3v) is 5.25. The van der Waals surface area contributed by atoms with Gasteiger partial charge in [0.1, 0.15) is 6.54 Å². The topological polar surface area (TPSA) is 80.9 Å². The highest BCUT2D eigenvalue weighted by atomic mass is 79.9. The minimum atomic E-state index is -0.537. The Hall–Kier alpha value is -2.19. The molecule has 1 aromatic heterocycles. The summed E-state index contributed by atoms with van der Waals surface area (Å²) in [5.41, 5.74) is 2.52. The van der Waals surface area contributed by atoms with Gasteiger partial charge in [-0.1, -0.05) is 40.6 Å². The SMILES string of the molecule is CCCCOC(=O)Cn1c(O)c(C=C2C=Nc3ccc(Br)cc32)sc1=O. The Morgan fingerprint density at radius 3 is 3.04 bits per heavy atom. The molecule has 0 saturated heterocycles. The summed E-state index contributed by atoms with van der Waals surface area (Å²) in [6.45, 7) is 2.00. The summed E-state index contributed by atoms with van der Waals surface area (Å²) < 4.78 is 6.99. The molecule has 136 valence electrons. The molecule has 26 heavy (non-hydrogen) atoms. The lowest BCUT2D eigenvalue weighted by molar-refractivity contribution is -0.144. The van der Waals surface area contributed by atoms with Crippen LogP contribution < -0.4 is 4.87 Å². The van der Waals surface area contributed by atoms with Gasteiger partial charge >= 0.3 is 10.8 Å². The predicted octanol–water partition coefficient (Wildman–Crippen LogP) is 3.98. The van der Waals surface area contributed by atoms with E-state index in [2.05, 4.69) is 20.9 Å². The predicted molar refractivity (Wildman–Crippen MR) is 106 cm³/mol. The number of nitrogens with zero attached hydrogens (tertiary/aromatic N) is 2. The lowest BCUT2D eigenvalue weighted by Crippen LogP contribution is -2.21. The van der Waals surface area contributed by atoms with Crippen LogP contribution in [-0.2, 0) is 16.1 Å². The van der Waals surface area contributed by atoms with Crippen LogP contribution in [0.25, 0.3) is 11.6 Å². The molecule has 1 aliphatic rings. The number of unbranched alkanes of at least 4 members (excludes halogenated alkanes) is 1. The lowest BCUT2D eigenvalue weighted by Gasteiger charge is -2.05. The summed E-state index contributed by atoms with van der Waals surface area (Å²) in [5.74, 6) is -0.777. The number of benzene rings is 1. The van der Waals surface area contributed by atoms with E-state index < -0.39 is 10.8 Å². The molecule has 0 fully saturated rings. The number of carbonyl (C=O) groups is 1. The maximum absolute atomic E-state index is 12.1. The van der Waals surface area contributed by atoms with Crippen LogP contribution in [0, 0.1) is 0 Å². The van der Waals surface area contributed by atoms with Gasteiger partial charge in [0.2, 0.25) is 5.88 Å². The number of halogens is 1. The fraction of sp³-hybridized carbons (Fsp3) is 0.278. The second-order valence-electron chi connectivity index (χ2n) is 5.74. The number of aromatic nitrogens is 1. The van der Waals surface area contributed by atoms with Crippen molar-refractivity contribution >= 4 is 56.8 Å². The van der Waals surface area contributed by atoms with Crippen molar-refractivity contribution < 1.29 is 14.6 Å². The molecular weight excluding hydrogens is 420 g/mol. The molecular formula is C18H17BrN2O4S. The molecule has 2 heterocycles. The third-order valence-electron chi connectivity index (χ3n) is 3.84. The average Bonchev–Trinajstić information content (AvgIpc) is 3.11. The number of hydrogen-bond acceptors (Lipinski definition) is 6. The third kappa shape index (κ3) is 3.96. The van der Waals surface area contributed by atoms with Crippen molar-refractivity contribution in [2.24, 2.45) is 4.99 Å². The number of allylic oxidation sites excluding steroid dienone is 1. The largest absolute Gasteiger partial charge is 0.493 e. The Morgan fingerprint density at radius 1 is 1.46 bits per heavy atom. The van der Waals surface area contributed by atoms with Crippen LogP contribution in [0.2, 0.25) is 0 Å². The Kier molecular flexibility index (Phi) is 5.73. The fourth-order valence-corrected chi connectivity index (χ4v) is 3.67. The molecule has 1 N–H and O–H groups in total. The smallest absolute Gasteiger partial charge is 0.326 e. The summed E-state index contributed by atoms with van der Waals surface area (Å²) in [6, 6.07) is 5.71. The normalized spacial score (nSPS) is 14.0. The first-order valence-electron chi connectivity index (χ1n) is 8.13. The Bertz CT molecular complexity index is 959. The van der Waals surface area contributed by atoms with Crippen LogP contribution in [-0.4, -0.2) is 28.5 Å². The van der Waals surface area contributed by atoms with Crippen LogP contribution in [0.5, 0.6) is 5.88 Å². The van der Waals surface area contributed by atoms with Gasteiger partial charge in [0.25, 0.3) is 0 Å². The zero-order valence-corrected chi connectivity index (χ0v) is 16.5. The highest BCUT2D eigenvalue weighted by Gasteiger charge is 2.18. The number of hydrogen-bond donors (Lipinski definition) is 1. The molecule has 6 nitrogen and oxygen atoms in total. The van der Waals surface area contributed by atoms with Gasteiger partial charge in [-0.15, -0.1) is 0 Å². The van der Waals surface area contributed by atoms with Crippen molar-refractivity contribution in [2.75, 3.05) is 6.61 Å². The number of fused-ring (bicyclic) bond motifs is 1. The van der Waals surface area contributed by atoms with Crippen molar-refractivity contribution in [3.63, 3.8) is 0 Å². The molecule has 0 unspecified atom stereocenters. The van der Waals surface area contributed by atoms with Gasteiger partial charge < -0.3 is 9.84 Å². The van der Waals surface area contributed by atoms with E-state index in [-0.39, 0.29) is 12.4 Å². The maximum atomic E-state index is 12.1. The van der Waals surface area contributed by atoms with E-state index in [4.69, 9.17) is 4.74 Å². The van der Waals surface area contributed by atoms with Crippen LogP contribution in [0.15, 0.2) is 32.5 Å². The molecule has 3 rings (SSSR count). The Morgan fingerprint density at radius 2 is 2.27 bits per heavy atom. The number of carbonyl (C=O) groups excluding carboxylic acids is 1. The molecule has 1 aromatic carbocycles. The number of ether oxygens (including phenoxy) is 1. The van der Waals surface area contributed by atoms with E-state index in [1.165, 1.54) is 0 Å². The van der Waals surface area contributed by atoms with E-state index >= 15 is 0 Å². The van der Waals surface area contributed by atoms with Crippen LogP contribution >= 0.6 is 27.3 Å². The molecule has 0 radical (unpaired) electrons. The quantitative estimate of drug-likeness (QED) is 0.548. The summed E-state index contributed by atoms with van der Waals surface area (Å²) >= 11 is 4.30. The first-order chi connectivity index (χ1) is 12.5. The monoisotopic (exact) mass is 436 g/mol. The number of rotatable bonds is 6. The minimum Gasteiger partial charge on any atom is -0.493 e. The van der Waals surface area contributed by atoms with Crippen molar-refractivity contribution in [3.05, 3.63) is 42.8 Å². The summed E-state index contributed by atoms with van der Waals surface area (Å²) in [6.07, 6.45) is 5.06. The highest BCUT2D eigenvalue weighted by Crippen LogP contribution is 2.36. The summed E-state index contributed by atoms with van der Waals surface area (Å²) in [4.78, 5) is 28.2. The van der Waals surface area contributed by atoms with E-state index in [9.17, 15) is 14.7 Å². The molecule has 0 amide bonds. The minimum absolute atomic E-state index is 0.239. The lowest BCUT2D eigenvalue weighted by atomic mass is 10.1. The number of thiazole rings is 1. The van der Waals surface area contributed by atoms with E-state index in [1.807, 2.05) is 25.1 Å². The maximum Gasteiger partial charge on any atom is 0.326 e. The number of aliphatic imine (C=N–C) groups is 1. The fourth-order valence-electron chi connectivity index (χ4n) is 2.47. The van der Waals surface area contributed by atoms with Gasteiger partial charge in [0.15, 0.2) is 0 Å². The van der Waals surface area contributed by atoms with Crippen LogP contribution in [0.4, 0.5) is 5.69 Å². The highest BCUT2D eigenvalue weighted by molar-refractivity contribution is 9.10. The molecule has 0 bridgehead atoms. The van der Waals surface area contributed by atoms with Crippen molar-refractivity contribution in [3.8, 4) is 5.88 Å². The van der Waals surface area contributed by atoms with Gasteiger partial charge in [-0.2, -0.15) is 0 Å². The molecule has 0 aliphatic carbocycles. The van der Waals surface area contributed by atoms with Gasteiger partial charge in [-0.25, -0.2) is 0 Å². The Labute approximate surface area is 162 Å². The molecule has 0 atom stereocenters. The first kappa shape index (κ1) is 18.6. The zero-order chi connectivity index (χ0) is 18.7. The molecule has 0 saturated carbocycles. The average molecular weight is 437 g/mol.